The molecule has 1 saturated carbocycles. The predicted octanol–water partition coefficient (Wildman–Crippen LogP) is 1.86. The van der Waals surface area contributed by atoms with Crippen LogP contribution in [0.25, 0.3) is 0 Å². The van der Waals surface area contributed by atoms with Gasteiger partial charge in [-0.15, -0.1) is 0 Å². The van der Waals surface area contributed by atoms with Crippen LogP contribution in [0.3, 0.4) is 0 Å². The summed E-state index contributed by atoms with van der Waals surface area (Å²) in [7, 11) is 2.18. The fraction of sp³-hybridized carbons (Fsp3) is 0.600. The molecule has 1 aliphatic carbocycles. The van der Waals surface area contributed by atoms with E-state index >= 15 is 0 Å². The Labute approximate surface area is 120 Å². The van der Waals surface area contributed by atoms with Gasteiger partial charge in [0, 0.05) is 12.1 Å². The minimum Gasteiger partial charge on any atom is -0.368 e. The van der Waals surface area contributed by atoms with Gasteiger partial charge in [-0.1, -0.05) is 25.8 Å². The normalized spacial score (nSPS) is 17.4. The number of amides is 1. The second-order valence-corrected chi connectivity index (χ2v) is 5.57. The van der Waals surface area contributed by atoms with Crippen molar-refractivity contribution >= 4 is 11.7 Å². The lowest BCUT2D eigenvalue weighted by Crippen LogP contribution is -2.49. The minimum atomic E-state index is -0.491. The van der Waals surface area contributed by atoms with Gasteiger partial charge in [-0.25, -0.2) is 4.98 Å². The van der Waals surface area contributed by atoms with Crippen molar-refractivity contribution in [1.82, 2.24) is 9.88 Å². The summed E-state index contributed by atoms with van der Waals surface area (Å²) in [6.45, 7) is 4.08. The van der Waals surface area contributed by atoms with E-state index in [0.717, 1.165) is 18.9 Å². The number of hydrogen-bond acceptors (Lipinski definition) is 4. The molecule has 1 aliphatic rings. The summed E-state index contributed by atoms with van der Waals surface area (Å²) in [6, 6.07) is 5.32. The third-order valence-electron chi connectivity index (χ3n) is 4.42. The highest BCUT2D eigenvalue weighted by Gasteiger charge is 2.36. The van der Waals surface area contributed by atoms with Crippen molar-refractivity contribution in [3.05, 3.63) is 23.9 Å². The van der Waals surface area contributed by atoms with E-state index in [2.05, 4.69) is 29.2 Å². The topological polar surface area (TPSA) is 71.2 Å². The summed E-state index contributed by atoms with van der Waals surface area (Å²) in [5.41, 5.74) is 5.77. The van der Waals surface area contributed by atoms with Crippen molar-refractivity contribution in [2.24, 2.45) is 5.73 Å². The molecule has 0 atom stereocenters. The Balaban J connectivity index is 2.06. The average Bonchev–Trinajstić information content (AvgIpc) is 2.94. The summed E-state index contributed by atoms with van der Waals surface area (Å²) in [5.74, 6) is 0.229. The Hall–Kier alpha value is -1.62. The molecule has 0 aliphatic heterocycles. The van der Waals surface area contributed by atoms with Gasteiger partial charge in [0.2, 0.25) is 0 Å². The third kappa shape index (κ3) is 3.10. The lowest BCUT2D eigenvalue weighted by Gasteiger charge is -2.38. The molecule has 3 N–H and O–H groups in total. The van der Waals surface area contributed by atoms with Crippen molar-refractivity contribution < 1.29 is 4.79 Å². The number of likely N-dealkylation sites (N-methyl/N-ethyl adjacent to an activating group) is 1. The number of anilines is 1. The Morgan fingerprint density at radius 3 is 2.75 bits per heavy atom. The number of carbonyl (C=O) groups is 1. The maximum atomic E-state index is 11.2. The van der Waals surface area contributed by atoms with Crippen LogP contribution >= 0.6 is 0 Å². The van der Waals surface area contributed by atoms with E-state index in [9.17, 15) is 4.79 Å². The summed E-state index contributed by atoms with van der Waals surface area (Å²) in [4.78, 5) is 17.8. The van der Waals surface area contributed by atoms with E-state index in [1.54, 1.807) is 12.1 Å². The first-order valence-corrected chi connectivity index (χ1v) is 7.29. The summed E-state index contributed by atoms with van der Waals surface area (Å²) < 4.78 is 0. The van der Waals surface area contributed by atoms with Gasteiger partial charge in [0.15, 0.2) is 0 Å². The lowest BCUT2D eigenvalue weighted by molar-refractivity contribution is 0.0995. The predicted molar refractivity (Wildman–Crippen MR) is 80.7 cm³/mol. The zero-order valence-electron chi connectivity index (χ0n) is 12.4. The number of aromatic nitrogens is 1. The molecule has 0 unspecified atom stereocenters. The molecule has 110 valence electrons. The van der Waals surface area contributed by atoms with Gasteiger partial charge in [-0.2, -0.15) is 0 Å². The van der Waals surface area contributed by atoms with Crippen LogP contribution in [0.4, 0.5) is 5.82 Å². The first-order valence-electron chi connectivity index (χ1n) is 7.29. The number of rotatable bonds is 6. The molecule has 1 amide bonds. The number of nitrogens with zero attached hydrogens (tertiary/aromatic N) is 2. The molecule has 1 heterocycles. The van der Waals surface area contributed by atoms with Crippen LogP contribution in [0, 0.1) is 0 Å². The Bertz CT molecular complexity index is 469. The molecule has 1 fully saturated rings. The Kier molecular flexibility index (Phi) is 4.60. The molecule has 0 saturated heterocycles. The van der Waals surface area contributed by atoms with Gasteiger partial charge in [0.05, 0.1) is 0 Å². The summed E-state index contributed by atoms with van der Waals surface area (Å²) in [5, 5.41) is 3.38. The van der Waals surface area contributed by atoms with E-state index in [1.807, 2.05) is 6.07 Å². The monoisotopic (exact) mass is 276 g/mol. The molecule has 2 rings (SSSR count). The quantitative estimate of drug-likeness (QED) is 0.832. The molecular weight excluding hydrogens is 252 g/mol. The van der Waals surface area contributed by atoms with Gasteiger partial charge in [0.1, 0.15) is 11.5 Å². The van der Waals surface area contributed by atoms with Crippen molar-refractivity contribution in [2.45, 2.75) is 38.1 Å². The smallest absolute Gasteiger partial charge is 0.267 e. The molecule has 5 nitrogen and oxygen atoms in total. The zero-order valence-corrected chi connectivity index (χ0v) is 12.4. The van der Waals surface area contributed by atoms with Gasteiger partial charge in [-0.05, 0) is 38.6 Å². The lowest BCUT2D eigenvalue weighted by atomic mass is 9.95. The summed E-state index contributed by atoms with van der Waals surface area (Å²) >= 11 is 0. The number of nitrogens with two attached hydrogens (primary N) is 1. The number of primary amides is 1. The summed E-state index contributed by atoms with van der Waals surface area (Å²) in [6.07, 6.45) is 4.97. The van der Waals surface area contributed by atoms with Crippen LogP contribution in [-0.4, -0.2) is 41.5 Å². The number of hydrogen-bond donors (Lipinski definition) is 2. The maximum absolute atomic E-state index is 11.2. The number of nitrogens with one attached hydrogen (secondary N) is 1. The zero-order chi connectivity index (χ0) is 14.6. The minimum absolute atomic E-state index is 0.207. The van der Waals surface area contributed by atoms with E-state index in [0.29, 0.717) is 5.69 Å². The SMILES string of the molecule is CCN(C)C1(CNc2cccc(C(N)=O)n2)CCCC1. The maximum Gasteiger partial charge on any atom is 0.267 e. The van der Waals surface area contributed by atoms with Crippen molar-refractivity contribution in [3.8, 4) is 0 Å². The van der Waals surface area contributed by atoms with Crippen molar-refractivity contribution in [1.29, 1.82) is 0 Å². The van der Waals surface area contributed by atoms with E-state index in [1.165, 1.54) is 25.7 Å². The molecule has 0 spiro atoms. The largest absolute Gasteiger partial charge is 0.368 e. The van der Waals surface area contributed by atoms with Crippen LogP contribution in [0.2, 0.25) is 0 Å². The number of carbonyl (C=O) groups excluding carboxylic acids is 1. The highest BCUT2D eigenvalue weighted by molar-refractivity contribution is 5.91. The Morgan fingerprint density at radius 1 is 1.45 bits per heavy atom. The van der Waals surface area contributed by atoms with Crippen LogP contribution in [0.15, 0.2) is 18.2 Å². The van der Waals surface area contributed by atoms with E-state index < -0.39 is 5.91 Å². The molecule has 1 aromatic heterocycles. The standard InChI is InChI=1S/C15H24N4O/c1-3-19(2)15(9-4-5-10-15)11-17-13-8-6-7-12(18-13)14(16)20/h6-8H,3-5,9-11H2,1-2H3,(H2,16,20)(H,17,18). The van der Waals surface area contributed by atoms with Gasteiger partial charge in [0.25, 0.3) is 5.91 Å². The molecular formula is C15H24N4O. The van der Waals surface area contributed by atoms with Crippen LogP contribution < -0.4 is 11.1 Å². The van der Waals surface area contributed by atoms with E-state index in [-0.39, 0.29) is 5.54 Å². The molecule has 20 heavy (non-hydrogen) atoms. The van der Waals surface area contributed by atoms with Gasteiger partial charge in [-0.3, -0.25) is 9.69 Å². The average molecular weight is 276 g/mol. The van der Waals surface area contributed by atoms with Crippen molar-refractivity contribution in [2.75, 3.05) is 25.5 Å². The second-order valence-electron chi connectivity index (χ2n) is 5.57. The van der Waals surface area contributed by atoms with Gasteiger partial charge >= 0.3 is 0 Å². The van der Waals surface area contributed by atoms with Gasteiger partial charge < -0.3 is 11.1 Å². The van der Waals surface area contributed by atoms with Crippen LogP contribution in [-0.2, 0) is 0 Å². The number of pyridine rings is 1. The third-order valence-corrected chi connectivity index (χ3v) is 4.42. The van der Waals surface area contributed by atoms with Crippen LogP contribution in [0.1, 0.15) is 43.1 Å². The molecule has 0 aromatic carbocycles. The Morgan fingerprint density at radius 2 is 2.15 bits per heavy atom. The molecule has 0 radical (unpaired) electrons. The fourth-order valence-corrected chi connectivity index (χ4v) is 2.99. The van der Waals surface area contributed by atoms with Crippen molar-refractivity contribution in [3.63, 3.8) is 0 Å². The molecule has 0 bridgehead atoms. The second kappa shape index (κ2) is 6.22. The first kappa shape index (κ1) is 14.8. The first-order chi connectivity index (χ1) is 9.57. The molecule has 1 aromatic rings. The fourth-order valence-electron chi connectivity index (χ4n) is 2.99. The van der Waals surface area contributed by atoms with E-state index in [4.69, 9.17) is 5.73 Å². The highest BCUT2D eigenvalue weighted by atomic mass is 16.1. The highest BCUT2D eigenvalue weighted by Crippen LogP contribution is 2.34. The van der Waals surface area contributed by atoms with Crippen LogP contribution in [0.5, 0.6) is 0 Å². The molecule has 5 heteroatoms.